The molecule has 1 aliphatic rings. The minimum absolute atomic E-state index is 0.0188. The standard InChI is InChI=1S/C20H25N5OS/c1-12(13-7-9-15(10-8-13)22-17(26)14-5-6-14)21-18-24-25-11-16(20(2,3)4)23-19(25)27-18/h7-12,14H,5-6H2,1-4H3,(H,21,24)(H,22,26). The van der Waals surface area contributed by atoms with Gasteiger partial charge in [0.2, 0.25) is 16.0 Å². The first-order chi connectivity index (χ1) is 12.8. The van der Waals surface area contributed by atoms with Gasteiger partial charge in [-0.05, 0) is 37.5 Å². The Hall–Kier alpha value is -2.41. The van der Waals surface area contributed by atoms with Crippen molar-refractivity contribution in [2.24, 2.45) is 5.92 Å². The van der Waals surface area contributed by atoms with Crippen LogP contribution < -0.4 is 10.6 Å². The molecule has 1 aromatic carbocycles. The molecule has 1 amide bonds. The fourth-order valence-corrected chi connectivity index (χ4v) is 3.70. The van der Waals surface area contributed by atoms with Crippen LogP contribution in [-0.2, 0) is 10.2 Å². The van der Waals surface area contributed by atoms with Crippen LogP contribution in [0.1, 0.15) is 57.8 Å². The van der Waals surface area contributed by atoms with Crippen LogP contribution in [-0.4, -0.2) is 20.5 Å². The number of amides is 1. The number of carbonyl (C=O) groups excluding carboxylic acids is 1. The predicted molar refractivity (Wildman–Crippen MR) is 109 cm³/mol. The smallest absolute Gasteiger partial charge is 0.227 e. The fourth-order valence-electron chi connectivity index (χ4n) is 2.83. The van der Waals surface area contributed by atoms with Gasteiger partial charge >= 0.3 is 0 Å². The molecule has 0 spiro atoms. The molecule has 0 bridgehead atoms. The summed E-state index contributed by atoms with van der Waals surface area (Å²) >= 11 is 1.55. The Balaban J connectivity index is 1.42. The minimum atomic E-state index is 0.0188. The van der Waals surface area contributed by atoms with Gasteiger partial charge in [0, 0.05) is 17.0 Å². The number of anilines is 2. The maximum atomic E-state index is 11.8. The normalized spacial score (nSPS) is 15.7. The van der Waals surface area contributed by atoms with Gasteiger partial charge in [-0.15, -0.1) is 5.10 Å². The molecule has 142 valence electrons. The monoisotopic (exact) mass is 383 g/mol. The number of fused-ring (bicyclic) bond motifs is 1. The molecule has 4 rings (SSSR count). The summed E-state index contributed by atoms with van der Waals surface area (Å²) in [6, 6.07) is 8.10. The van der Waals surface area contributed by atoms with Gasteiger partial charge < -0.3 is 10.6 Å². The lowest BCUT2D eigenvalue weighted by molar-refractivity contribution is -0.117. The first-order valence-corrected chi connectivity index (χ1v) is 10.2. The van der Waals surface area contributed by atoms with Crippen molar-refractivity contribution in [1.29, 1.82) is 0 Å². The van der Waals surface area contributed by atoms with E-state index in [1.807, 2.05) is 35.0 Å². The Morgan fingerprint density at radius 1 is 1.26 bits per heavy atom. The van der Waals surface area contributed by atoms with E-state index >= 15 is 0 Å². The van der Waals surface area contributed by atoms with Gasteiger partial charge in [0.25, 0.3) is 0 Å². The lowest BCUT2D eigenvalue weighted by Crippen LogP contribution is -2.13. The molecule has 1 unspecified atom stereocenters. The van der Waals surface area contributed by atoms with E-state index in [0.29, 0.717) is 0 Å². The van der Waals surface area contributed by atoms with Crippen LogP contribution in [0.25, 0.3) is 4.96 Å². The third-order valence-electron chi connectivity index (χ3n) is 4.78. The molecule has 0 saturated heterocycles. The van der Waals surface area contributed by atoms with Gasteiger partial charge in [0.1, 0.15) is 0 Å². The second kappa shape index (κ2) is 6.64. The molecule has 7 heteroatoms. The van der Waals surface area contributed by atoms with Crippen molar-refractivity contribution in [2.75, 3.05) is 10.6 Å². The second-order valence-electron chi connectivity index (χ2n) is 8.26. The molecule has 2 aromatic heterocycles. The van der Waals surface area contributed by atoms with E-state index in [1.54, 1.807) is 11.3 Å². The zero-order chi connectivity index (χ0) is 19.2. The molecule has 27 heavy (non-hydrogen) atoms. The van der Waals surface area contributed by atoms with Crippen LogP contribution in [0.3, 0.4) is 0 Å². The van der Waals surface area contributed by atoms with Crippen LogP contribution in [0.2, 0.25) is 0 Å². The van der Waals surface area contributed by atoms with Gasteiger partial charge in [-0.1, -0.05) is 44.2 Å². The van der Waals surface area contributed by atoms with Crippen LogP contribution >= 0.6 is 11.3 Å². The van der Waals surface area contributed by atoms with E-state index in [9.17, 15) is 4.79 Å². The van der Waals surface area contributed by atoms with Crippen molar-refractivity contribution in [3.63, 3.8) is 0 Å². The van der Waals surface area contributed by atoms with E-state index in [1.165, 1.54) is 0 Å². The van der Waals surface area contributed by atoms with Gasteiger partial charge in [-0.3, -0.25) is 4.79 Å². The molecule has 0 aliphatic heterocycles. The lowest BCUT2D eigenvalue weighted by Gasteiger charge is -2.14. The van der Waals surface area contributed by atoms with Crippen molar-refractivity contribution in [3.8, 4) is 0 Å². The molecule has 2 heterocycles. The molecule has 0 radical (unpaired) electrons. The highest BCUT2D eigenvalue weighted by Gasteiger charge is 2.29. The van der Waals surface area contributed by atoms with Crippen molar-refractivity contribution >= 4 is 33.0 Å². The summed E-state index contributed by atoms with van der Waals surface area (Å²) in [5.41, 5.74) is 3.06. The molecule has 3 aromatic rings. The molecular formula is C20H25N5OS. The molecule has 1 atom stereocenters. The lowest BCUT2D eigenvalue weighted by atomic mass is 9.93. The summed E-state index contributed by atoms with van der Waals surface area (Å²) < 4.78 is 1.84. The second-order valence-corrected chi connectivity index (χ2v) is 9.22. The van der Waals surface area contributed by atoms with Crippen molar-refractivity contribution in [3.05, 3.63) is 41.7 Å². The summed E-state index contributed by atoms with van der Waals surface area (Å²) in [6.45, 7) is 8.55. The van der Waals surface area contributed by atoms with Crippen molar-refractivity contribution < 1.29 is 4.79 Å². The van der Waals surface area contributed by atoms with Crippen molar-refractivity contribution in [2.45, 2.75) is 52.0 Å². The van der Waals surface area contributed by atoms with Gasteiger partial charge in [0.15, 0.2) is 0 Å². The third-order valence-corrected chi connectivity index (χ3v) is 5.63. The van der Waals surface area contributed by atoms with Gasteiger partial charge in [0.05, 0.1) is 17.9 Å². The summed E-state index contributed by atoms with van der Waals surface area (Å²) in [7, 11) is 0. The summed E-state index contributed by atoms with van der Waals surface area (Å²) in [4.78, 5) is 17.4. The topological polar surface area (TPSA) is 71.3 Å². The number of aromatic nitrogens is 3. The van der Waals surface area contributed by atoms with Crippen LogP contribution in [0.15, 0.2) is 30.5 Å². The number of hydrogen-bond donors (Lipinski definition) is 2. The number of rotatable bonds is 5. The number of nitrogens with one attached hydrogen (secondary N) is 2. The van der Waals surface area contributed by atoms with E-state index in [2.05, 4.69) is 48.4 Å². The summed E-state index contributed by atoms with van der Waals surface area (Å²) in [5.74, 6) is 0.350. The quantitative estimate of drug-likeness (QED) is 0.675. The highest BCUT2D eigenvalue weighted by molar-refractivity contribution is 7.20. The highest BCUT2D eigenvalue weighted by Crippen LogP contribution is 2.31. The molecule has 2 N–H and O–H groups in total. The summed E-state index contributed by atoms with van der Waals surface area (Å²) in [6.07, 6.45) is 4.03. The fraction of sp³-hybridized carbons (Fsp3) is 0.450. The van der Waals surface area contributed by atoms with Crippen molar-refractivity contribution in [1.82, 2.24) is 14.6 Å². The molecule has 1 saturated carbocycles. The maximum Gasteiger partial charge on any atom is 0.227 e. The largest absolute Gasteiger partial charge is 0.354 e. The van der Waals surface area contributed by atoms with Crippen LogP contribution in [0.5, 0.6) is 0 Å². The Labute approximate surface area is 163 Å². The number of imidazole rings is 1. The average molecular weight is 384 g/mol. The molecule has 1 fully saturated rings. The van der Waals surface area contributed by atoms with Gasteiger partial charge in [-0.2, -0.15) is 0 Å². The SMILES string of the molecule is CC(Nc1nn2cc(C(C)(C)C)nc2s1)c1ccc(NC(=O)C2CC2)cc1. The number of benzene rings is 1. The van der Waals surface area contributed by atoms with Crippen LogP contribution in [0.4, 0.5) is 10.8 Å². The minimum Gasteiger partial charge on any atom is -0.354 e. The number of hydrogen-bond acceptors (Lipinski definition) is 5. The van der Waals surface area contributed by atoms with Crippen LogP contribution in [0, 0.1) is 5.92 Å². The zero-order valence-electron chi connectivity index (χ0n) is 16.1. The van der Waals surface area contributed by atoms with E-state index in [0.717, 1.165) is 39.9 Å². The first kappa shape index (κ1) is 18.0. The Morgan fingerprint density at radius 3 is 2.56 bits per heavy atom. The summed E-state index contributed by atoms with van der Waals surface area (Å²) in [5, 5.41) is 11.9. The zero-order valence-corrected chi connectivity index (χ0v) is 16.9. The highest BCUT2D eigenvalue weighted by atomic mass is 32.1. The number of carbonyl (C=O) groups is 1. The van der Waals surface area contributed by atoms with E-state index in [4.69, 9.17) is 0 Å². The molecule has 1 aliphatic carbocycles. The third kappa shape index (κ3) is 3.98. The van der Waals surface area contributed by atoms with E-state index < -0.39 is 0 Å². The Bertz CT molecular complexity index is 931. The average Bonchev–Trinajstić information content (AvgIpc) is 3.27. The maximum absolute atomic E-state index is 11.8. The van der Waals surface area contributed by atoms with E-state index in [-0.39, 0.29) is 23.3 Å². The molecule has 6 nitrogen and oxygen atoms in total. The molecular weight excluding hydrogens is 358 g/mol. The predicted octanol–water partition coefficient (Wildman–Crippen LogP) is 4.61. The number of nitrogens with zero attached hydrogens (tertiary/aromatic N) is 3. The Kier molecular flexibility index (Phi) is 4.42. The van der Waals surface area contributed by atoms with Gasteiger partial charge in [-0.25, -0.2) is 9.50 Å². The Morgan fingerprint density at radius 2 is 1.96 bits per heavy atom. The first-order valence-electron chi connectivity index (χ1n) is 9.33.